The topological polar surface area (TPSA) is 77.5 Å². The number of halogens is 18. The van der Waals surface area contributed by atoms with Gasteiger partial charge >= 0.3 is 43.2 Å². The van der Waals surface area contributed by atoms with Crippen LogP contribution in [-0.4, -0.2) is 131 Å². The van der Waals surface area contributed by atoms with E-state index in [-0.39, 0.29) is 0 Å². The predicted molar refractivity (Wildman–Crippen MR) is 173 cm³/mol. The van der Waals surface area contributed by atoms with Crippen molar-refractivity contribution in [2.75, 3.05) is 67.8 Å². The van der Waals surface area contributed by atoms with Crippen LogP contribution >= 0.6 is 7.51 Å². The predicted octanol–water partition coefficient (Wildman–Crippen LogP) is 11.3. The van der Waals surface area contributed by atoms with Gasteiger partial charge in [-0.25, -0.2) is 9.34 Å². The van der Waals surface area contributed by atoms with E-state index < -0.39 is 174 Å². The summed E-state index contributed by atoms with van der Waals surface area (Å²) >= 11 is 0. The van der Waals surface area contributed by atoms with Crippen LogP contribution in [0.1, 0.15) is 77.0 Å². The van der Waals surface area contributed by atoms with Gasteiger partial charge in [0.25, 0.3) is 0 Å². The molecule has 29 heteroatoms. The molecule has 0 aromatic heterocycles. The summed E-state index contributed by atoms with van der Waals surface area (Å²) in [5.41, 5.74) is 0. The zero-order valence-electron chi connectivity index (χ0n) is 32.3. The van der Waals surface area contributed by atoms with Crippen molar-refractivity contribution in [3.63, 3.8) is 0 Å². The monoisotopic (exact) mass is 934 g/mol. The van der Waals surface area contributed by atoms with Gasteiger partial charge in [0.2, 0.25) is 13.9 Å². The van der Waals surface area contributed by atoms with Crippen molar-refractivity contribution in [2.45, 2.75) is 127 Å². The van der Waals surface area contributed by atoms with Crippen LogP contribution in [0.3, 0.4) is 0 Å². The van der Waals surface area contributed by atoms with E-state index in [0.717, 1.165) is 37.5 Å². The summed E-state index contributed by atoms with van der Waals surface area (Å²) in [4.78, 5) is 9.24. The van der Waals surface area contributed by atoms with E-state index in [4.69, 9.17) is 28.5 Å². The molecular weight excluding hydrogens is 885 g/mol. The second kappa shape index (κ2) is 25.0. The first-order valence-corrected chi connectivity index (χ1v) is 19.2. The van der Waals surface area contributed by atoms with Gasteiger partial charge in [-0.3, -0.25) is 4.84 Å². The Bertz CT molecular complexity index is 1110. The smallest absolute Gasteiger partial charge is 0.339 e. The number of rotatable bonds is 29. The Kier molecular flexibility index (Phi) is 24.5. The highest BCUT2D eigenvalue weighted by molar-refractivity contribution is 7.59. The molecule has 356 valence electrons. The highest BCUT2D eigenvalue weighted by Gasteiger charge is 2.57. The lowest BCUT2D eigenvalue weighted by atomic mass is 10.3. The second-order valence-electron chi connectivity index (χ2n) is 12.9. The summed E-state index contributed by atoms with van der Waals surface area (Å²) < 4.78 is 267. The maximum absolute atomic E-state index is 13.2. The van der Waals surface area contributed by atoms with Crippen molar-refractivity contribution in [2.24, 2.45) is 4.91 Å². The van der Waals surface area contributed by atoms with E-state index in [9.17, 15) is 79.0 Å². The molecule has 0 saturated carbocycles. The third-order valence-electron chi connectivity index (χ3n) is 7.10. The van der Waals surface area contributed by atoms with Crippen LogP contribution in [0.4, 0.5) is 79.0 Å². The summed E-state index contributed by atoms with van der Waals surface area (Å²) in [6.45, 7) is -6.43. The minimum Gasteiger partial charge on any atom is -0.339 e. The Labute approximate surface area is 328 Å². The van der Waals surface area contributed by atoms with Crippen molar-refractivity contribution in [3.05, 3.63) is 0 Å². The lowest BCUT2D eigenvalue weighted by molar-refractivity contribution is -0.461. The summed E-state index contributed by atoms with van der Waals surface area (Å²) in [6.07, 6.45) is -50.0. The molecule has 0 fully saturated rings. The van der Waals surface area contributed by atoms with Crippen molar-refractivity contribution in [1.29, 1.82) is 0 Å². The Morgan fingerprint density at radius 3 is 0.915 bits per heavy atom. The molecule has 59 heavy (non-hydrogen) atoms. The van der Waals surface area contributed by atoms with Crippen LogP contribution in [0.5, 0.6) is 0 Å². The fourth-order valence-corrected chi connectivity index (χ4v) is 7.63. The molecule has 0 amide bonds. The molecule has 0 N–H and O–H groups in total. The normalized spacial score (nSPS) is 14.5. The first-order valence-electron chi connectivity index (χ1n) is 17.6. The summed E-state index contributed by atoms with van der Waals surface area (Å²) in [6, 6.07) is 0. The summed E-state index contributed by atoms with van der Waals surface area (Å²) in [5, 5.41) is 0. The van der Waals surface area contributed by atoms with Gasteiger partial charge in [-0.05, 0) is 66.7 Å². The standard InChI is InChI=1S/C30H49F18N4O6P/c1-50(2)59(51(3)4,49-58-22-10-16-29(46,47)48)52(23(53-17-5-11-24(31,32)33)54-18-6-12-25(34,35)36)30(55-19-7-13-26(37,38)39,56-20-8-14-27(40,41)42)57-21-9-15-28(43,44)45/h23H,5-22H2,1-4H3. The molecule has 0 radical (unpaired) electrons. The van der Waals surface area contributed by atoms with E-state index in [1.54, 1.807) is 0 Å². The molecule has 0 bridgehead atoms. The Balaban J connectivity index is 8.10. The van der Waals surface area contributed by atoms with Crippen LogP contribution in [0.15, 0.2) is 4.91 Å². The van der Waals surface area contributed by atoms with Crippen LogP contribution in [0.25, 0.3) is 0 Å². The van der Waals surface area contributed by atoms with E-state index in [1.165, 1.54) is 0 Å². The van der Waals surface area contributed by atoms with Crippen LogP contribution < -0.4 is 0 Å². The Morgan fingerprint density at radius 2 is 0.661 bits per heavy atom. The number of hydrogen-bond acceptors (Lipinski definition) is 7. The Hall–Kier alpha value is -1.39. The van der Waals surface area contributed by atoms with Gasteiger partial charge in [-0.15, -0.1) is 9.58 Å². The molecule has 0 aliphatic rings. The van der Waals surface area contributed by atoms with Gasteiger partial charge in [-0.1, -0.05) is 0 Å². The van der Waals surface area contributed by atoms with Gasteiger partial charge in [0.05, 0.1) is 39.6 Å². The highest BCUT2D eigenvalue weighted by atomic mass is 31.2. The van der Waals surface area contributed by atoms with Crippen molar-refractivity contribution >= 4 is 7.51 Å². The van der Waals surface area contributed by atoms with Crippen LogP contribution in [0.2, 0.25) is 0 Å². The molecule has 0 aromatic carbocycles. The number of ether oxygens (including phenoxy) is 5. The van der Waals surface area contributed by atoms with Gasteiger partial charge in [0.1, 0.15) is 0 Å². The van der Waals surface area contributed by atoms with Gasteiger partial charge in [0, 0.05) is 38.5 Å². The fraction of sp³-hybridized carbons (Fsp3) is 1.00. The average molecular weight is 935 g/mol. The van der Waals surface area contributed by atoms with Gasteiger partial charge in [0.15, 0.2) is 0 Å². The highest BCUT2D eigenvalue weighted by Crippen LogP contribution is 2.62. The molecule has 0 aliphatic heterocycles. The van der Waals surface area contributed by atoms with E-state index in [0.29, 0.717) is 4.67 Å². The summed E-state index contributed by atoms with van der Waals surface area (Å²) in [7, 11) is 0.00826. The molecule has 0 rings (SSSR count). The summed E-state index contributed by atoms with van der Waals surface area (Å²) in [5.74, 6) is 0. The Morgan fingerprint density at radius 1 is 0.407 bits per heavy atom. The zero-order valence-corrected chi connectivity index (χ0v) is 33.2. The molecule has 0 unspecified atom stereocenters. The van der Waals surface area contributed by atoms with Gasteiger partial charge in [-0.2, -0.15) is 79.0 Å². The largest absolute Gasteiger partial charge is 0.389 e. The molecule has 0 spiro atoms. The third-order valence-corrected chi connectivity index (χ3v) is 10.6. The van der Waals surface area contributed by atoms with E-state index >= 15 is 0 Å². The quantitative estimate of drug-likeness (QED) is 0.0240. The number of alkyl halides is 18. The minimum atomic E-state index is -4.87. The average Bonchev–Trinajstić information content (AvgIpc) is 3.02. The van der Waals surface area contributed by atoms with Crippen molar-refractivity contribution in [3.8, 4) is 0 Å². The first-order chi connectivity index (χ1) is 26.6. The molecule has 0 aliphatic carbocycles. The molecule has 0 aromatic rings. The van der Waals surface area contributed by atoms with Crippen LogP contribution in [-0.2, 0) is 28.5 Å². The first kappa shape index (κ1) is 57.6. The van der Waals surface area contributed by atoms with Crippen LogP contribution in [0, 0.1) is 0 Å². The van der Waals surface area contributed by atoms with E-state index in [2.05, 4.69) is 4.91 Å². The molecule has 0 atom stereocenters. The second-order valence-corrected chi connectivity index (χ2v) is 16.2. The maximum Gasteiger partial charge on any atom is 0.389 e. The van der Waals surface area contributed by atoms with Gasteiger partial charge < -0.3 is 23.7 Å². The third kappa shape index (κ3) is 26.6. The number of hydrogen-bond donors (Lipinski definition) is 0. The maximum atomic E-state index is 13.2. The molecule has 0 heterocycles. The molecule has 0 saturated heterocycles. The lowest BCUT2D eigenvalue weighted by Crippen LogP contribution is -2.61. The molecular formula is C30H49F18N4O6P. The van der Waals surface area contributed by atoms with Crippen molar-refractivity contribution in [1.82, 2.24) is 14.0 Å². The lowest BCUT2D eigenvalue weighted by Gasteiger charge is -2.52. The van der Waals surface area contributed by atoms with E-state index in [1.807, 2.05) is 0 Å². The SMILES string of the molecule is CN(C)P(=NOCCCC(F)(F)F)(N(C)C)N(C(OCCCC(F)(F)F)OCCCC(F)(F)F)C(OCCCC(F)(F)F)(OCCCC(F)(F)F)OCCCC(F)(F)F. The fourth-order valence-electron chi connectivity index (χ4n) is 4.65. The van der Waals surface area contributed by atoms with Crippen molar-refractivity contribution < 1.29 is 108 Å². The number of nitrogens with zero attached hydrogens (tertiary/aromatic N) is 4. The molecule has 10 nitrogen and oxygen atoms in total. The zero-order chi connectivity index (χ0) is 46.0. The minimum absolute atomic E-state index is 0.444.